The highest BCUT2D eigenvalue weighted by atomic mass is 79.9. The van der Waals surface area contributed by atoms with Gasteiger partial charge in [0.25, 0.3) is 5.91 Å². The Morgan fingerprint density at radius 1 is 1.23 bits per heavy atom. The van der Waals surface area contributed by atoms with Gasteiger partial charge in [0, 0.05) is 36.2 Å². The highest BCUT2D eigenvalue weighted by Gasteiger charge is 2.32. The van der Waals surface area contributed by atoms with Gasteiger partial charge in [-0.25, -0.2) is 0 Å². The van der Waals surface area contributed by atoms with Crippen LogP contribution in [0.2, 0.25) is 0 Å². The van der Waals surface area contributed by atoms with E-state index in [2.05, 4.69) is 25.6 Å². The minimum atomic E-state index is -4.78. The molecule has 1 amide bonds. The van der Waals surface area contributed by atoms with Gasteiger partial charge in [-0.2, -0.15) is 0 Å². The van der Waals surface area contributed by atoms with Crippen LogP contribution in [0.1, 0.15) is 17.3 Å². The van der Waals surface area contributed by atoms with Crippen molar-refractivity contribution in [2.75, 3.05) is 32.7 Å². The molecule has 1 aromatic rings. The first kappa shape index (κ1) is 17.1. The minimum Gasteiger partial charge on any atom is -0.406 e. The van der Waals surface area contributed by atoms with E-state index < -0.39 is 12.1 Å². The van der Waals surface area contributed by atoms with Crippen molar-refractivity contribution in [2.24, 2.45) is 0 Å². The predicted molar refractivity (Wildman–Crippen MR) is 78.8 cm³/mol. The number of hydrogen-bond acceptors (Lipinski definition) is 3. The summed E-state index contributed by atoms with van der Waals surface area (Å²) in [6.07, 6.45) is -4.78. The van der Waals surface area contributed by atoms with Gasteiger partial charge in [0.1, 0.15) is 5.75 Å². The number of piperazine rings is 1. The Morgan fingerprint density at radius 3 is 2.41 bits per heavy atom. The number of benzene rings is 1. The molecule has 1 fully saturated rings. The lowest BCUT2D eigenvalue weighted by Gasteiger charge is -2.34. The fourth-order valence-corrected chi connectivity index (χ4v) is 2.80. The normalized spacial score (nSPS) is 16.7. The highest BCUT2D eigenvalue weighted by Crippen LogP contribution is 2.28. The average Bonchev–Trinajstić information content (AvgIpc) is 2.44. The zero-order valence-corrected chi connectivity index (χ0v) is 13.6. The van der Waals surface area contributed by atoms with Gasteiger partial charge < -0.3 is 14.5 Å². The van der Waals surface area contributed by atoms with E-state index in [1.165, 1.54) is 12.1 Å². The molecule has 0 aliphatic carbocycles. The number of amides is 1. The summed E-state index contributed by atoms with van der Waals surface area (Å²) in [5.41, 5.74) is 0.179. The quantitative estimate of drug-likeness (QED) is 0.807. The van der Waals surface area contributed by atoms with E-state index in [1.54, 1.807) is 4.90 Å². The lowest BCUT2D eigenvalue weighted by Crippen LogP contribution is -2.48. The monoisotopic (exact) mass is 380 g/mol. The summed E-state index contributed by atoms with van der Waals surface area (Å²) in [7, 11) is 0. The summed E-state index contributed by atoms with van der Waals surface area (Å²) in [6, 6.07) is 3.80. The van der Waals surface area contributed by atoms with Crippen molar-refractivity contribution in [2.45, 2.75) is 13.3 Å². The van der Waals surface area contributed by atoms with Gasteiger partial charge in [0.05, 0.1) is 0 Å². The fraction of sp³-hybridized carbons (Fsp3) is 0.500. The molecule has 0 bridgehead atoms. The molecule has 8 heteroatoms. The summed E-state index contributed by atoms with van der Waals surface area (Å²) >= 11 is 3.11. The number of carbonyl (C=O) groups is 1. The van der Waals surface area contributed by atoms with Crippen LogP contribution in [0, 0.1) is 0 Å². The lowest BCUT2D eigenvalue weighted by atomic mass is 10.1. The zero-order valence-electron chi connectivity index (χ0n) is 12.0. The number of nitrogens with zero attached hydrogens (tertiary/aromatic N) is 2. The third kappa shape index (κ3) is 4.61. The number of alkyl halides is 3. The van der Waals surface area contributed by atoms with Crippen LogP contribution in [0.3, 0.4) is 0 Å². The van der Waals surface area contributed by atoms with Crippen LogP contribution in [0.15, 0.2) is 22.7 Å². The van der Waals surface area contributed by atoms with E-state index in [0.29, 0.717) is 17.6 Å². The SMILES string of the molecule is CCN1CCN(C(=O)c2cc(Br)cc(OC(F)(F)F)c2)CC1. The van der Waals surface area contributed by atoms with Crippen LogP contribution < -0.4 is 4.74 Å². The first-order valence-corrected chi connectivity index (χ1v) is 7.66. The first-order chi connectivity index (χ1) is 10.3. The van der Waals surface area contributed by atoms with Crippen molar-refractivity contribution in [1.82, 2.24) is 9.80 Å². The van der Waals surface area contributed by atoms with Crippen LogP contribution in [-0.4, -0.2) is 54.8 Å². The van der Waals surface area contributed by atoms with Gasteiger partial charge in [0.2, 0.25) is 0 Å². The van der Waals surface area contributed by atoms with Crippen LogP contribution in [0.4, 0.5) is 13.2 Å². The molecule has 0 N–H and O–H groups in total. The van der Waals surface area contributed by atoms with Gasteiger partial charge in [-0.1, -0.05) is 22.9 Å². The van der Waals surface area contributed by atoms with Gasteiger partial charge in [0.15, 0.2) is 0 Å². The Kier molecular flexibility index (Phi) is 5.33. The molecule has 122 valence electrons. The molecule has 4 nitrogen and oxygen atoms in total. The molecular weight excluding hydrogens is 365 g/mol. The summed E-state index contributed by atoms with van der Waals surface area (Å²) in [4.78, 5) is 16.3. The van der Waals surface area contributed by atoms with E-state index in [0.717, 1.165) is 25.7 Å². The van der Waals surface area contributed by atoms with E-state index in [1.807, 2.05) is 6.92 Å². The molecule has 1 heterocycles. The van der Waals surface area contributed by atoms with E-state index in [9.17, 15) is 18.0 Å². The molecular formula is C14H16BrF3N2O2. The largest absolute Gasteiger partial charge is 0.573 e. The van der Waals surface area contributed by atoms with Crippen LogP contribution in [-0.2, 0) is 0 Å². The molecule has 0 aromatic heterocycles. The Bertz CT molecular complexity index is 543. The van der Waals surface area contributed by atoms with E-state index in [-0.39, 0.29) is 11.5 Å². The third-order valence-corrected chi connectivity index (χ3v) is 3.92. The van der Waals surface area contributed by atoms with Crippen LogP contribution in [0.5, 0.6) is 5.75 Å². The fourth-order valence-electron chi connectivity index (χ4n) is 2.33. The number of ether oxygens (including phenoxy) is 1. The summed E-state index contributed by atoms with van der Waals surface area (Å²) in [5.74, 6) is -0.693. The zero-order chi connectivity index (χ0) is 16.3. The first-order valence-electron chi connectivity index (χ1n) is 6.86. The maximum absolute atomic E-state index is 12.4. The predicted octanol–water partition coefficient (Wildman–Crippen LogP) is 3.13. The molecule has 0 atom stereocenters. The van der Waals surface area contributed by atoms with Gasteiger partial charge in [-0.15, -0.1) is 13.2 Å². The average molecular weight is 381 g/mol. The number of halogens is 4. The Balaban J connectivity index is 2.13. The third-order valence-electron chi connectivity index (χ3n) is 3.46. The topological polar surface area (TPSA) is 32.8 Å². The van der Waals surface area contributed by atoms with Crippen molar-refractivity contribution in [3.63, 3.8) is 0 Å². The number of likely N-dealkylation sites (N-methyl/N-ethyl adjacent to an activating group) is 1. The smallest absolute Gasteiger partial charge is 0.406 e. The Morgan fingerprint density at radius 2 is 1.86 bits per heavy atom. The number of carbonyl (C=O) groups excluding carboxylic acids is 1. The van der Waals surface area contributed by atoms with Gasteiger partial charge >= 0.3 is 6.36 Å². The van der Waals surface area contributed by atoms with Gasteiger partial charge in [-0.3, -0.25) is 4.79 Å². The molecule has 1 saturated heterocycles. The molecule has 0 saturated carbocycles. The molecule has 1 aliphatic heterocycles. The van der Waals surface area contributed by atoms with Crippen molar-refractivity contribution in [1.29, 1.82) is 0 Å². The van der Waals surface area contributed by atoms with Crippen LogP contribution >= 0.6 is 15.9 Å². The number of rotatable bonds is 3. The number of hydrogen-bond donors (Lipinski definition) is 0. The van der Waals surface area contributed by atoms with Crippen molar-refractivity contribution in [3.8, 4) is 5.75 Å². The lowest BCUT2D eigenvalue weighted by molar-refractivity contribution is -0.274. The molecule has 0 unspecified atom stereocenters. The van der Waals surface area contributed by atoms with Crippen molar-refractivity contribution >= 4 is 21.8 Å². The minimum absolute atomic E-state index is 0.179. The molecule has 2 rings (SSSR count). The maximum atomic E-state index is 12.4. The van der Waals surface area contributed by atoms with E-state index in [4.69, 9.17) is 0 Å². The Hall–Kier alpha value is -1.28. The van der Waals surface area contributed by atoms with Crippen molar-refractivity contribution in [3.05, 3.63) is 28.2 Å². The Labute approximate surface area is 135 Å². The summed E-state index contributed by atoms with van der Waals surface area (Å²) < 4.78 is 41.2. The second kappa shape index (κ2) is 6.87. The molecule has 0 radical (unpaired) electrons. The highest BCUT2D eigenvalue weighted by molar-refractivity contribution is 9.10. The van der Waals surface area contributed by atoms with Gasteiger partial charge in [-0.05, 0) is 24.7 Å². The standard InChI is InChI=1S/C14H16BrF3N2O2/c1-2-19-3-5-20(6-4-19)13(21)10-7-11(15)9-12(8-10)22-14(16,17)18/h7-9H,2-6H2,1H3. The molecule has 1 aromatic carbocycles. The molecule has 0 spiro atoms. The summed E-state index contributed by atoms with van der Waals surface area (Å²) in [6.45, 7) is 5.63. The van der Waals surface area contributed by atoms with E-state index >= 15 is 0 Å². The second-order valence-corrected chi connectivity index (χ2v) is 5.87. The maximum Gasteiger partial charge on any atom is 0.573 e. The molecule has 22 heavy (non-hydrogen) atoms. The summed E-state index contributed by atoms with van der Waals surface area (Å²) in [5, 5.41) is 0. The molecule has 1 aliphatic rings. The van der Waals surface area contributed by atoms with Crippen LogP contribution in [0.25, 0.3) is 0 Å². The second-order valence-electron chi connectivity index (χ2n) is 4.95. The van der Waals surface area contributed by atoms with Crippen molar-refractivity contribution < 1.29 is 22.7 Å².